The van der Waals surface area contributed by atoms with E-state index in [1.807, 2.05) is 32.9 Å². The Balaban J connectivity index is 2.53. The van der Waals surface area contributed by atoms with Crippen molar-refractivity contribution in [1.29, 1.82) is 0 Å². The van der Waals surface area contributed by atoms with E-state index < -0.39 is 30.5 Å². The Kier molecular flexibility index (Phi) is 7.95. The number of nitrogens with one attached hydrogen (secondary N) is 1. The monoisotopic (exact) mass is 335 g/mol. The number of amides is 1. The molecule has 0 aliphatic carbocycles. The second kappa shape index (κ2) is 9.70. The molecule has 1 amide bonds. The van der Waals surface area contributed by atoms with Gasteiger partial charge >= 0.3 is 11.9 Å². The van der Waals surface area contributed by atoms with E-state index in [0.717, 1.165) is 12.0 Å². The highest BCUT2D eigenvalue weighted by Crippen LogP contribution is 2.08. The molecule has 1 aromatic carbocycles. The fourth-order valence-corrected chi connectivity index (χ4v) is 2.15. The number of carbonyl (C=O) groups excluding carboxylic acids is 3. The molecule has 1 N–H and O–H groups in total. The van der Waals surface area contributed by atoms with Crippen LogP contribution in [-0.2, 0) is 25.5 Å². The summed E-state index contributed by atoms with van der Waals surface area (Å²) in [5.74, 6) is -1.43. The van der Waals surface area contributed by atoms with E-state index in [1.165, 1.54) is 7.11 Å². The summed E-state index contributed by atoms with van der Waals surface area (Å²) in [7, 11) is 1.27. The minimum absolute atomic E-state index is 0.203. The second-order valence-corrected chi connectivity index (χ2v) is 5.90. The molecule has 24 heavy (non-hydrogen) atoms. The number of methoxy groups -OCH3 is 1. The zero-order valence-corrected chi connectivity index (χ0v) is 14.6. The fraction of sp³-hybridized carbons (Fsp3) is 0.500. The molecule has 1 aromatic rings. The maximum Gasteiger partial charge on any atom is 0.338 e. The molecule has 0 aromatic heterocycles. The van der Waals surface area contributed by atoms with Gasteiger partial charge in [-0.2, -0.15) is 0 Å². The van der Waals surface area contributed by atoms with Gasteiger partial charge in [0.15, 0.2) is 6.61 Å². The van der Waals surface area contributed by atoms with Gasteiger partial charge in [-0.15, -0.1) is 0 Å². The first-order valence-corrected chi connectivity index (χ1v) is 8.00. The lowest BCUT2D eigenvalue weighted by molar-refractivity contribution is -0.145. The number of hydrogen-bond acceptors (Lipinski definition) is 5. The van der Waals surface area contributed by atoms with Crippen molar-refractivity contribution in [2.45, 2.75) is 39.7 Å². The molecule has 0 bridgehead atoms. The third-order valence-corrected chi connectivity index (χ3v) is 3.46. The van der Waals surface area contributed by atoms with Gasteiger partial charge in [0.05, 0.1) is 12.7 Å². The smallest absolute Gasteiger partial charge is 0.338 e. The topological polar surface area (TPSA) is 81.7 Å². The summed E-state index contributed by atoms with van der Waals surface area (Å²) in [5, 5.41) is 2.53. The lowest BCUT2D eigenvalue weighted by Gasteiger charge is -2.18. The van der Waals surface area contributed by atoms with Crippen molar-refractivity contribution in [3.8, 4) is 0 Å². The normalized spacial score (nSPS) is 11.7. The van der Waals surface area contributed by atoms with E-state index in [1.54, 1.807) is 12.1 Å². The molecule has 0 aliphatic heterocycles. The summed E-state index contributed by atoms with van der Waals surface area (Å²) in [6, 6.07) is 6.26. The molecule has 0 fully saturated rings. The van der Waals surface area contributed by atoms with E-state index in [0.29, 0.717) is 12.0 Å². The van der Waals surface area contributed by atoms with Crippen LogP contribution in [0.3, 0.4) is 0 Å². The lowest BCUT2D eigenvalue weighted by Crippen LogP contribution is -2.44. The molecule has 0 saturated heterocycles. The first-order chi connectivity index (χ1) is 11.4. The molecule has 0 spiro atoms. The maximum absolute atomic E-state index is 11.9. The van der Waals surface area contributed by atoms with Crippen LogP contribution in [-0.4, -0.2) is 37.6 Å². The third-order valence-electron chi connectivity index (χ3n) is 3.46. The minimum atomic E-state index is -0.745. The predicted molar refractivity (Wildman–Crippen MR) is 89.5 cm³/mol. The number of rotatable bonds is 8. The molecule has 6 nitrogen and oxygen atoms in total. The van der Waals surface area contributed by atoms with Crippen LogP contribution in [0.4, 0.5) is 0 Å². The Morgan fingerprint density at radius 2 is 1.75 bits per heavy atom. The SMILES string of the molecule is CCc1ccc(C(=O)OCC(=O)N[C@H](CC(C)C)C(=O)OC)cc1. The van der Waals surface area contributed by atoms with Crippen LogP contribution in [0.5, 0.6) is 0 Å². The number of benzene rings is 1. The Morgan fingerprint density at radius 1 is 1.12 bits per heavy atom. The summed E-state index contributed by atoms with van der Waals surface area (Å²) in [6.45, 7) is 5.44. The zero-order chi connectivity index (χ0) is 18.1. The van der Waals surface area contributed by atoms with E-state index in [4.69, 9.17) is 4.74 Å². The van der Waals surface area contributed by atoms with Crippen LogP contribution < -0.4 is 5.32 Å². The first-order valence-electron chi connectivity index (χ1n) is 8.00. The van der Waals surface area contributed by atoms with Gasteiger partial charge in [0.25, 0.3) is 5.91 Å². The number of aryl methyl sites for hydroxylation is 1. The van der Waals surface area contributed by atoms with Crippen molar-refractivity contribution in [3.63, 3.8) is 0 Å². The number of hydrogen-bond donors (Lipinski definition) is 1. The summed E-state index contributed by atoms with van der Waals surface area (Å²) in [6.07, 6.45) is 1.33. The molecule has 1 rings (SSSR count). The molecule has 0 saturated carbocycles. The molecule has 0 heterocycles. The lowest BCUT2D eigenvalue weighted by atomic mass is 10.0. The summed E-state index contributed by atoms with van der Waals surface area (Å²) < 4.78 is 9.65. The number of ether oxygens (including phenoxy) is 2. The van der Waals surface area contributed by atoms with Gasteiger partial charge in [-0.3, -0.25) is 4.79 Å². The zero-order valence-electron chi connectivity index (χ0n) is 14.6. The van der Waals surface area contributed by atoms with E-state index in [-0.39, 0.29) is 5.92 Å². The first kappa shape index (κ1) is 19.7. The average molecular weight is 335 g/mol. The minimum Gasteiger partial charge on any atom is -0.467 e. The van der Waals surface area contributed by atoms with Crippen LogP contribution in [0, 0.1) is 5.92 Å². The van der Waals surface area contributed by atoms with Crippen molar-refractivity contribution in [2.75, 3.05) is 13.7 Å². The van der Waals surface area contributed by atoms with Crippen LogP contribution in [0.15, 0.2) is 24.3 Å². The van der Waals surface area contributed by atoms with Gasteiger partial charge < -0.3 is 14.8 Å². The third kappa shape index (κ3) is 6.40. The van der Waals surface area contributed by atoms with Gasteiger partial charge in [0.1, 0.15) is 6.04 Å². The largest absolute Gasteiger partial charge is 0.467 e. The van der Waals surface area contributed by atoms with Crippen LogP contribution in [0.25, 0.3) is 0 Å². The molecular weight excluding hydrogens is 310 g/mol. The van der Waals surface area contributed by atoms with Crippen molar-refractivity contribution < 1.29 is 23.9 Å². The van der Waals surface area contributed by atoms with Crippen LogP contribution in [0.1, 0.15) is 43.1 Å². The van der Waals surface area contributed by atoms with Crippen LogP contribution in [0.2, 0.25) is 0 Å². The molecule has 0 radical (unpaired) electrons. The van der Waals surface area contributed by atoms with Crippen molar-refractivity contribution in [1.82, 2.24) is 5.32 Å². The Morgan fingerprint density at radius 3 is 2.25 bits per heavy atom. The highest BCUT2D eigenvalue weighted by atomic mass is 16.5. The predicted octanol–water partition coefficient (Wildman–Crippen LogP) is 2.11. The Bertz CT molecular complexity index is 565. The summed E-state index contributed by atoms with van der Waals surface area (Å²) in [4.78, 5) is 35.5. The standard InChI is InChI=1S/C18H25NO5/c1-5-13-6-8-14(9-7-13)17(21)24-11-16(20)19-15(10-12(2)3)18(22)23-4/h6-9,12,15H,5,10-11H2,1-4H3,(H,19,20)/t15-/m1/s1. The summed E-state index contributed by atoms with van der Waals surface area (Å²) >= 11 is 0. The van der Waals surface area contributed by atoms with Gasteiger partial charge in [-0.25, -0.2) is 9.59 Å². The quantitative estimate of drug-likeness (QED) is 0.736. The van der Waals surface area contributed by atoms with Gasteiger partial charge in [0, 0.05) is 0 Å². The van der Waals surface area contributed by atoms with E-state index in [2.05, 4.69) is 10.1 Å². The average Bonchev–Trinajstić information content (AvgIpc) is 2.58. The molecular formula is C18H25NO5. The van der Waals surface area contributed by atoms with Gasteiger partial charge in [-0.1, -0.05) is 32.9 Å². The molecule has 0 aliphatic rings. The molecule has 1 atom stereocenters. The van der Waals surface area contributed by atoms with E-state index in [9.17, 15) is 14.4 Å². The molecule has 132 valence electrons. The maximum atomic E-state index is 11.9. The fourth-order valence-electron chi connectivity index (χ4n) is 2.15. The summed E-state index contributed by atoms with van der Waals surface area (Å²) in [5.41, 5.74) is 1.49. The Hall–Kier alpha value is -2.37. The Labute approximate surface area is 142 Å². The van der Waals surface area contributed by atoms with Crippen molar-refractivity contribution in [2.24, 2.45) is 5.92 Å². The van der Waals surface area contributed by atoms with Gasteiger partial charge in [-0.05, 0) is 36.5 Å². The number of esters is 2. The highest BCUT2D eigenvalue weighted by molar-refractivity contribution is 5.92. The highest BCUT2D eigenvalue weighted by Gasteiger charge is 2.23. The van der Waals surface area contributed by atoms with Crippen LogP contribution >= 0.6 is 0 Å². The van der Waals surface area contributed by atoms with Crippen molar-refractivity contribution >= 4 is 17.8 Å². The molecule has 0 unspecified atom stereocenters. The van der Waals surface area contributed by atoms with E-state index >= 15 is 0 Å². The molecule has 6 heteroatoms. The number of carbonyl (C=O) groups is 3. The second-order valence-electron chi connectivity index (χ2n) is 5.90. The van der Waals surface area contributed by atoms with Crippen molar-refractivity contribution in [3.05, 3.63) is 35.4 Å². The van der Waals surface area contributed by atoms with Gasteiger partial charge in [0.2, 0.25) is 0 Å².